The third kappa shape index (κ3) is 6.02. The number of hydrogen-bond acceptors (Lipinski definition) is 17. The van der Waals surface area contributed by atoms with E-state index in [1.54, 1.807) is 0 Å². The topological polar surface area (TPSA) is 320 Å². The minimum Gasteiger partial charge on any atom is -0.394 e. The van der Waals surface area contributed by atoms with Gasteiger partial charge in [-0.3, -0.25) is 32.5 Å². The normalized spacial score (nSPS) is 30.3. The summed E-state index contributed by atoms with van der Waals surface area (Å²) in [5.74, 6) is -0.263. The molecule has 22 nitrogen and oxygen atoms in total. The molecule has 4 aromatic rings. The van der Waals surface area contributed by atoms with E-state index in [-0.39, 0.29) is 34.1 Å². The number of aromatic nitrogens is 8. The van der Waals surface area contributed by atoms with Crippen molar-refractivity contribution in [1.82, 2.24) is 39.0 Å². The highest BCUT2D eigenvalue weighted by Gasteiger charge is 2.52. The van der Waals surface area contributed by atoms with E-state index in [0.29, 0.717) is 0 Å². The molecule has 2 fully saturated rings. The van der Waals surface area contributed by atoms with Gasteiger partial charge in [-0.25, -0.2) is 28.9 Å². The summed E-state index contributed by atoms with van der Waals surface area (Å²) >= 11 is 0. The summed E-state index contributed by atoms with van der Waals surface area (Å²) in [5, 5.41) is 20.7. The van der Waals surface area contributed by atoms with Gasteiger partial charge in [-0.05, 0) is 0 Å². The summed E-state index contributed by atoms with van der Waals surface area (Å²) in [7, 11) is -8.40. The van der Waals surface area contributed by atoms with Crippen molar-refractivity contribution in [3.8, 4) is 0 Å². The van der Waals surface area contributed by atoms with Crippen LogP contribution in [0.3, 0.4) is 0 Å². The van der Waals surface area contributed by atoms with Crippen LogP contribution in [0.5, 0.6) is 0 Å². The van der Waals surface area contributed by atoms with Gasteiger partial charge < -0.3 is 45.7 Å². The Morgan fingerprint density at radius 1 is 1.07 bits per heavy atom. The Bertz CT molecular complexity index is 1880. The van der Waals surface area contributed by atoms with Crippen LogP contribution in [0.2, 0.25) is 0 Å². The summed E-state index contributed by atoms with van der Waals surface area (Å²) in [6.45, 7) is -1.67. The Labute approximate surface area is 255 Å². The second-order valence-electron chi connectivity index (χ2n) is 10.1. The first-order valence-electron chi connectivity index (χ1n) is 13.3. The molecule has 2 saturated heterocycles. The van der Waals surface area contributed by atoms with Gasteiger partial charge in [0.1, 0.15) is 48.7 Å². The summed E-state index contributed by atoms with van der Waals surface area (Å²) in [5.41, 5.74) is 10.7. The molecular formula is C21H27FN10O12P2. The van der Waals surface area contributed by atoms with Gasteiger partial charge in [-0.2, -0.15) is 4.98 Å². The molecule has 0 spiro atoms. The third-order valence-corrected chi connectivity index (χ3v) is 8.59. The highest BCUT2D eigenvalue weighted by Crippen LogP contribution is 2.50. The molecule has 6 rings (SSSR count). The quantitative estimate of drug-likeness (QED) is 0.0829. The van der Waals surface area contributed by atoms with E-state index in [1.807, 2.05) is 0 Å². The number of aromatic amines is 1. The lowest BCUT2D eigenvalue weighted by Gasteiger charge is -2.25. The summed E-state index contributed by atoms with van der Waals surface area (Å²) in [4.78, 5) is 54.3. The Kier molecular flexibility index (Phi) is 8.91. The van der Waals surface area contributed by atoms with Crippen molar-refractivity contribution in [2.24, 2.45) is 0 Å². The Balaban J connectivity index is 1.22. The highest BCUT2D eigenvalue weighted by molar-refractivity contribution is 7.47. The van der Waals surface area contributed by atoms with Crippen LogP contribution < -0.4 is 17.0 Å². The number of nitrogen functional groups attached to an aromatic ring is 2. The molecule has 0 radical (unpaired) electrons. The standard InChI is InChI=1S/C21H27FN10O12P2/c22-9-7(1-33)42-20(32-5-28-11-17(32)29-21(24)30-18(11)35)14(9)44-46(38,39)41-2-8-13(40-6-45(36)37)12(34)19(43-8)31-4-27-10-15(23)25-3-26-16(10)31/h3-5,7-9,12-14,19-20,33-34,45H,1-2,6H2,(H,36,37)(H,38,39)(H2,23,25,26)(H3,24,29,30,35)/t7-,8-,9+,12?,13?,14+,19-,20-/m1/s1. The Morgan fingerprint density at radius 2 is 1.76 bits per heavy atom. The maximum Gasteiger partial charge on any atom is 0.472 e. The van der Waals surface area contributed by atoms with Gasteiger partial charge in [0.25, 0.3) is 5.56 Å². The van der Waals surface area contributed by atoms with Gasteiger partial charge in [0.05, 0.1) is 25.9 Å². The molecule has 2 aliphatic heterocycles. The van der Waals surface area contributed by atoms with Crippen LogP contribution in [-0.2, 0) is 32.4 Å². The summed E-state index contributed by atoms with van der Waals surface area (Å²) < 4.78 is 69.3. The minimum atomic E-state index is -5.22. The van der Waals surface area contributed by atoms with Gasteiger partial charge >= 0.3 is 7.82 Å². The Hall–Kier alpha value is -3.47. The molecule has 0 aromatic carbocycles. The fraction of sp³-hybridized carbons (Fsp3) is 0.524. The van der Waals surface area contributed by atoms with Crippen molar-refractivity contribution in [2.45, 2.75) is 49.1 Å². The molecule has 250 valence electrons. The van der Waals surface area contributed by atoms with Gasteiger partial charge in [0.15, 0.2) is 41.3 Å². The summed E-state index contributed by atoms with van der Waals surface area (Å²) in [6, 6.07) is 0. The smallest absolute Gasteiger partial charge is 0.394 e. The number of phosphoric acid groups is 1. The average molecular weight is 692 g/mol. The van der Waals surface area contributed by atoms with Crippen molar-refractivity contribution >= 4 is 49.9 Å². The number of anilines is 2. The third-order valence-electron chi connectivity index (χ3n) is 7.20. The monoisotopic (exact) mass is 692 g/mol. The number of nitrogens with zero attached hydrogens (tertiary/aromatic N) is 7. The lowest BCUT2D eigenvalue weighted by atomic mass is 10.1. The molecule has 6 heterocycles. The van der Waals surface area contributed by atoms with Crippen LogP contribution in [-0.4, -0.2) is 115 Å². The van der Waals surface area contributed by atoms with E-state index in [1.165, 1.54) is 10.9 Å². The number of nitrogens with one attached hydrogen (secondary N) is 1. The van der Waals surface area contributed by atoms with Gasteiger partial charge in [-0.1, -0.05) is 0 Å². The van der Waals surface area contributed by atoms with Crippen molar-refractivity contribution in [1.29, 1.82) is 0 Å². The fourth-order valence-corrected chi connectivity index (χ4v) is 6.43. The van der Waals surface area contributed by atoms with Gasteiger partial charge in [0, 0.05) is 0 Å². The molecule has 0 saturated carbocycles. The number of halogens is 1. The molecule has 46 heavy (non-hydrogen) atoms. The number of hydrogen-bond donors (Lipinski definition) is 7. The van der Waals surface area contributed by atoms with Crippen LogP contribution in [0.15, 0.2) is 23.8 Å². The maximum absolute atomic E-state index is 15.4. The van der Waals surface area contributed by atoms with Crippen molar-refractivity contribution in [2.75, 3.05) is 31.0 Å². The first-order chi connectivity index (χ1) is 21.9. The molecule has 25 heteroatoms. The predicted octanol–water partition coefficient (Wildman–Crippen LogP) is -2.08. The molecule has 0 amide bonds. The number of rotatable bonds is 11. The zero-order valence-electron chi connectivity index (χ0n) is 23.1. The zero-order chi connectivity index (χ0) is 32.9. The van der Waals surface area contributed by atoms with Crippen molar-refractivity contribution in [3.63, 3.8) is 0 Å². The minimum absolute atomic E-state index is 0.0414. The van der Waals surface area contributed by atoms with E-state index in [2.05, 4.69) is 29.9 Å². The predicted molar refractivity (Wildman–Crippen MR) is 150 cm³/mol. The van der Waals surface area contributed by atoms with Crippen LogP contribution in [0, 0.1) is 0 Å². The average Bonchev–Trinajstić information content (AvgIpc) is 3.76. The molecule has 4 aromatic heterocycles. The van der Waals surface area contributed by atoms with E-state index in [4.69, 9.17) is 34.7 Å². The molecule has 0 aliphatic carbocycles. The van der Waals surface area contributed by atoms with E-state index >= 15 is 4.39 Å². The highest BCUT2D eigenvalue weighted by atomic mass is 31.2. The Morgan fingerprint density at radius 3 is 2.48 bits per heavy atom. The number of H-pyrrole nitrogens is 1. The molecule has 10 atom stereocenters. The van der Waals surface area contributed by atoms with Crippen LogP contribution in [0.4, 0.5) is 16.2 Å². The largest absolute Gasteiger partial charge is 0.472 e. The molecule has 2 aliphatic rings. The lowest BCUT2D eigenvalue weighted by molar-refractivity contribution is -0.0648. The molecule has 4 unspecified atom stereocenters. The van der Waals surface area contributed by atoms with E-state index < -0.39 is 90.1 Å². The number of nitrogens with two attached hydrogens (primary N) is 2. The molecule has 9 N–H and O–H groups in total. The zero-order valence-corrected chi connectivity index (χ0v) is 25.0. The number of fused-ring (bicyclic) bond motifs is 2. The molecule has 0 bridgehead atoms. The van der Waals surface area contributed by atoms with Crippen LogP contribution in [0.1, 0.15) is 12.5 Å². The van der Waals surface area contributed by atoms with E-state index in [9.17, 15) is 33.9 Å². The number of imidazole rings is 2. The van der Waals surface area contributed by atoms with Crippen LogP contribution in [0.25, 0.3) is 22.3 Å². The molecular weight excluding hydrogens is 665 g/mol. The summed E-state index contributed by atoms with van der Waals surface area (Å²) in [6.07, 6.45) is -10.0. The second kappa shape index (κ2) is 12.6. The van der Waals surface area contributed by atoms with Crippen molar-refractivity contribution < 1.29 is 56.8 Å². The fourth-order valence-electron chi connectivity index (χ4n) is 5.17. The number of ether oxygens (including phenoxy) is 3. The SMILES string of the molecule is Nc1nc2c(ncn2[C@@H]2O[C@H](CO)[C@H](F)[C@@H]2OP(=O)(O)OC[C@H]2O[C@@H](n3cnc4c(N)ncnc43)C(O)C2OC[PH](=O)O)c(=O)[nH]1. The van der Waals surface area contributed by atoms with Crippen molar-refractivity contribution in [3.05, 3.63) is 29.3 Å². The number of alkyl halides is 1. The van der Waals surface area contributed by atoms with Gasteiger partial charge in [-0.15, -0.1) is 0 Å². The second-order valence-corrected chi connectivity index (χ2v) is 12.6. The van der Waals surface area contributed by atoms with Crippen LogP contribution >= 0.6 is 15.9 Å². The number of aliphatic hydroxyl groups is 2. The van der Waals surface area contributed by atoms with E-state index in [0.717, 1.165) is 17.2 Å². The van der Waals surface area contributed by atoms with Gasteiger partial charge in [0.2, 0.25) is 14.0 Å². The number of aliphatic hydroxyl groups excluding tert-OH is 2. The number of phosphoric ester groups is 1. The maximum atomic E-state index is 15.4. The lowest BCUT2D eigenvalue weighted by Crippen LogP contribution is -2.37. The first-order valence-corrected chi connectivity index (χ1v) is 16.3. The first kappa shape index (κ1) is 32.5.